The molecule has 1 saturated heterocycles. The van der Waals surface area contributed by atoms with E-state index in [0.717, 1.165) is 38.8 Å². The van der Waals surface area contributed by atoms with Crippen molar-refractivity contribution in [2.75, 3.05) is 19.6 Å². The fraction of sp³-hybridized carbons (Fsp3) is 0.800. The number of rotatable bonds is 6. The first-order chi connectivity index (χ1) is 11.8. The maximum absolute atomic E-state index is 12.7. The van der Waals surface area contributed by atoms with Crippen LogP contribution >= 0.6 is 0 Å². The minimum Gasteiger partial charge on any atom is -0.353 e. The van der Waals surface area contributed by atoms with Crippen LogP contribution in [0.15, 0.2) is 11.6 Å². The van der Waals surface area contributed by atoms with E-state index in [1.807, 2.05) is 0 Å². The van der Waals surface area contributed by atoms with Crippen LogP contribution in [0, 0.1) is 17.3 Å². The lowest BCUT2D eigenvalue weighted by atomic mass is 10.0. The topological polar surface area (TPSA) is 61.4 Å². The molecule has 0 aromatic rings. The smallest absolute Gasteiger partial charge is 0.234 e. The van der Waals surface area contributed by atoms with Gasteiger partial charge in [0.1, 0.15) is 0 Å². The summed E-state index contributed by atoms with van der Waals surface area (Å²) in [4.78, 5) is 26.7. The molecule has 2 amide bonds. The monoisotopic (exact) mass is 347 g/mol. The minimum atomic E-state index is 0.0724. The Morgan fingerprint density at radius 1 is 1.04 bits per heavy atom. The van der Waals surface area contributed by atoms with E-state index in [-0.39, 0.29) is 29.2 Å². The Bertz CT molecular complexity index is 553. The van der Waals surface area contributed by atoms with Gasteiger partial charge in [-0.15, -0.1) is 0 Å². The summed E-state index contributed by atoms with van der Waals surface area (Å²) in [5.74, 6) is 0.820. The first kappa shape index (κ1) is 18.4. The first-order valence-corrected chi connectivity index (χ1v) is 9.74. The number of allylic oxidation sites excluding steroid dienone is 2. The van der Waals surface area contributed by atoms with Crippen molar-refractivity contribution in [3.8, 4) is 0 Å². The lowest BCUT2D eigenvalue weighted by Gasteiger charge is -2.32. The third kappa shape index (κ3) is 4.63. The zero-order valence-corrected chi connectivity index (χ0v) is 16.1. The Hall–Kier alpha value is -1.36. The van der Waals surface area contributed by atoms with Crippen molar-refractivity contribution >= 4 is 11.8 Å². The molecule has 3 aliphatic rings. The van der Waals surface area contributed by atoms with Crippen LogP contribution in [-0.4, -0.2) is 48.4 Å². The summed E-state index contributed by atoms with van der Waals surface area (Å²) >= 11 is 0. The lowest BCUT2D eigenvalue weighted by Crippen LogP contribution is -2.48. The van der Waals surface area contributed by atoms with Gasteiger partial charge in [-0.2, -0.15) is 0 Å². The van der Waals surface area contributed by atoms with Gasteiger partial charge >= 0.3 is 0 Å². The van der Waals surface area contributed by atoms with Crippen LogP contribution in [0.25, 0.3) is 0 Å². The average Bonchev–Trinajstić information content (AvgIpc) is 3.40. The molecule has 0 spiro atoms. The van der Waals surface area contributed by atoms with E-state index < -0.39 is 0 Å². The number of carbonyl (C=O) groups excluding carboxylic acids is 2. The second-order valence-electron chi connectivity index (χ2n) is 8.97. The summed E-state index contributed by atoms with van der Waals surface area (Å²) in [5, 5.41) is 6.30. The molecule has 5 nitrogen and oxygen atoms in total. The second-order valence-corrected chi connectivity index (χ2v) is 8.97. The standard InChI is InChI=1S/C20H33N3O2/c1-13(2)11-16-18(20(16,3)4)19(25)22-15-7-9-23(10-8-15)12-17(24)21-14-5-6-14/h11,14-16,18H,5-10,12H2,1-4H3,(H,21,24)(H,22,25)/t16-,18-/m0/s1. The van der Waals surface area contributed by atoms with Gasteiger partial charge in [0.2, 0.25) is 11.8 Å². The Balaban J connectivity index is 1.40. The summed E-state index contributed by atoms with van der Waals surface area (Å²) in [5.41, 5.74) is 1.36. The molecule has 25 heavy (non-hydrogen) atoms. The molecule has 0 radical (unpaired) electrons. The first-order valence-electron chi connectivity index (χ1n) is 9.74. The Labute approximate surface area is 151 Å². The molecule has 1 aliphatic heterocycles. The predicted octanol–water partition coefficient (Wildman–Crippen LogP) is 2.08. The zero-order chi connectivity index (χ0) is 18.2. The number of nitrogens with zero attached hydrogens (tertiary/aromatic N) is 1. The molecule has 3 rings (SSSR count). The van der Waals surface area contributed by atoms with Gasteiger partial charge in [-0.05, 0) is 50.9 Å². The zero-order valence-electron chi connectivity index (χ0n) is 16.1. The highest BCUT2D eigenvalue weighted by Gasteiger charge is 2.60. The number of likely N-dealkylation sites (tertiary alicyclic amines) is 1. The Kier molecular flexibility index (Phi) is 5.24. The molecule has 0 aromatic carbocycles. The van der Waals surface area contributed by atoms with Crippen molar-refractivity contribution in [3.63, 3.8) is 0 Å². The molecule has 2 aliphatic carbocycles. The predicted molar refractivity (Wildman–Crippen MR) is 99.0 cm³/mol. The fourth-order valence-corrected chi connectivity index (χ4v) is 4.08. The van der Waals surface area contributed by atoms with Gasteiger partial charge in [0.05, 0.1) is 12.5 Å². The summed E-state index contributed by atoms with van der Waals surface area (Å²) in [6.07, 6.45) is 6.37. The summed E-state index contributed by atoms with van der Waals surface area (Å²) in [6, 6.07) is 0.680. The van der Waals surface area contributed by atoms with E-state index in [9.17, 15) is 9.59 Å². The second kappa shape index (κ2) is 7.10. The van der Waals surface area contributed by atoms with Crippen LogP contribution in [0.1, 0.15) is 53.4 Å². The van der Waals surface area contributed by atoms with E-state index in [1.54, 1.807) is 0 Å². The molecule has 1 heterocycles. The molecule has 0 bridgehead atoms. The molecular formula is C20H33N3O2. The van der Waals surface area contributed by atoms with E-state index in [2.05, 4.69) is 49.3 Å². The molecule has 5 heteroatoms. The fourth-order valence-electron chi connectivity index (χ4n) is 4.08. The van der Waals surface area contributed by atoms with Crippen molar-refractivity contribution in [1.82, 2.24) is 15.5 Å². The van der Waals surface area contributed by atoms with Gasteiger partial charge < -0.3 is 10.6 Å². The number of hydrogen-bond acceptors (Lipinski definition) is 3. The van der Waals surface area contributed by atoms with E-state index >= 15 is 0 Å². The third-order valence-electron chi connectivity index (χ3n) is 5.95. The van der Waals surface area contributed by atoms with Crippen LogP contribution < -0.4 is 10.6 Å². The van der Waals surface area contributed by atoms with Gasteiger partial charge in [0.15, 0.2) is 0 Å². The number of carbonyl (C=O) groups is 2. The van der Waals surface area contributed by atoms with Crippen molar-refractivity contribution in [2.45, 2.75) is 65.5 Å². The lowest BCUT2D eigenvalue weighted by molar-refractivity contribution is -0.125. The molecular weight excluding hydrogens is 314 g/mol. The Morgan fingerprint density at radius 2 is 1.64 bits per heavy atom. The molecule has 2 N–H and O–H groups in total. The highest BCUT2D eigenvalue weighted by molar-refractivity contribution is 5.84. The van der Waals surface area contributed by atoms with Gasteiger partial charge in [-0.3, -0.25) is 14.5 Å². The highest BCUT2D eigenvalue weighted by atomic mass is 16.2. The summed E-state index contributed by atoms with van der Waals surface area (Å²) in [6.45, 7) is 10.8. The Morgan fingerprint density at radius 3 is 2.20 bits per heavy atom. The maximum atomic E-state index is 12.7. The minimum absolute atomic E-state index is 0.0724. The number of nitrogens with one attached hydrogen (secondary N) is 2. The van der Waals surface area contributed by atoms with E-state index in [4.69, 9.17) is 0 Å². The normalized spacial score (nSPS) is 29.0. The molecule has 2 atom stereocenters. The SMILES string of the molecule is CC(C)=C[C@H]1[C@@H](C(=O)NC2CCN(CC(=O)NC3CC3)CC2)C1(C)C. The van der Waals surface area contributed by atoms with Crippen LogP contribution in [0.3, 0.4) is 0 Å². The van der Waals surface area contributed by atoms with E-state index in [0.29, 0.717) is 18.5 Å². The van der Waals surface area contributed by atoms with Crippen molar-refractivity contribution < 1.29 is 9.59 Å². The number of hydrogen-bond donors (Lipinski definition) is 2. The maximum Gasteiger partial charge on any atom is 0.234 e. The van der Waals surface area contributed by atoms with Crippen LogP contribution in [-0.2, 0) is 9.59 Å². The van der Waals surface area contributed by atoms with Crippen LogP contribution in [0.5, 0.6) is 0 Å². The quantitative estimate of drug-likeness (QED) is 0.723. The van der Waals surface area contributed by atoms with Crippen LogP contribution in [0.4, 0.5) is 0 Å². The average molecular weight is 348 g/mol. The summed E-state index contributed by atoms with van der Waals surface area (Å²) < 4.78 is 0. The number of piperidine rings is 1. The summed E-state index contributed by atoms with van der Waals surface area (Å²) in [7, 11) is 0. The highest BCUT2D eigenvalue weighted by Crippen LogP contribution is 2.59. The van der Waals surface area contributed by atoms with Gasteiger partial charge in [0.25, 0.3) is 0 Å². The molecule has 0 unspecified atom stereocenters. The molecule has 140 valence electrons. The largest absolute Gasteiger partial charge is 0.353 e. The van der Waals surface area contributed by atoms with Gasteiger partial charge in [0, 0.05) is 25.2 Å². The van der Waals surface area contributed by atoms with Crippen LogP contribution in [0.2, 0.25) is 0 Å². The van der Waals surface area contributed by atoms with Crippen molar-refractivity contribution in [1.29, 1.82) is 0 Å². The van der Waals surface area contributed by atoms with Gasteiger partial charge in [-0.1, -0.05) is 25.5 Å². The molecule has 2 saturated carbocycles. The van der Waals surface area contributed by atoms with E-state index in [1.165, 1.54) is 5.57 Å². The number of amides is 2. The molecule has 3 fully saturated rings. The molecule has 0 aromatic heterocycles. The van der Waals surface area contributed by atoms with Crippen molar-refractivity contribution in [3.05, 3.63) is 11.6 Å². The van der Waals surface area contributed by atoms with Gasteiger partial charge in [-0.25, -0.2) is 0 Å². The van der Waals surface area contributed by atoms with Crippen molar-refractivity contribution in [2.24, 2.45) is 17.3 Å². The third-order valence-corrected chi connectivity index (χ3v) is 5.95.